The summed E-state index contributed by atoms with van der Waals surface area (Å²) in [6, 6.07) is 0. The summed E-state index contributed by atoms with van der Waals surface area (Å²) in [4.78, 5) is 13.7. The van der Waals surface area contributed by atoms with E-state index in [0.717, 1.165) is 45.3 Å². The summed E-state index contributed by atoms with van der Waals surface area (Å²) >= 11 is 0. The van der Waals surface area contributed by atoms with Crippen LogP contribution < -0.4 is 5.32 Å². The Morgan fingerprint density at radius 1 is 1.33 bits per heavy atom. The number of carbonyl (C=O) groups is 1. The van der Waals surface area contributed by atoms with Crippen LogP contribution in [0, 0.1) is 0 Å². The molecule has 2 N–H and O–H groups in total. The molecule has 1 amide bonds. The zero-order valence-electron chi connectivity index (χ0n) is 10.9. The lowest BCUT2D eigenvalue weighted by molar-refractivity contribution is -0.135. The third-order valence-corrected chi connectivity index (χ3v) is 3.70. The average molecular weight is 256 g/mol. The maximum atomic E-state index is 11.9. The first-order valence-electron chi connectivity index (χ1n) is 7.04. The molecule has 104 valence electrons. The number of piperidine rings is 2. The van der Waals surface area contributed by atoms with Gasteiger partial charge in [0, 0.05) is 13.1 Å². The molecule has 5 heteroatoms. The van der Waals surface area contributed by atoms with Crippen molar-refractivity contribution < 1.29 is 14.6 Å². The van der Waals surface area contributed by atoms with Crippen LogP contribution in [0.1, 0.15) is 32.1 Å². The number of hydrogen-bond acceptors (Lipinski definition) is 4. The minimum absolute atomic E-state index is 0.114. The Kier molecular flexibility index (Phi) is 5.41. The lowest BCUT2D eigenvalue weighted by atomic mass is 10.1. The van der Waals surface area contributed by atoms with E-state index < -0.39 is 0 Å². The van der Waals surface area contributed by atoms with Crippen LogP contribution in [-0.2, 0) is 9.53 Å². The van der Waals surface area contributed by atoms with Crippen LogP contribution in [0.25, 0.3) is 0 Å². The molecular weight excluding hydrogens is 232 g/mol. The van der Waals surface area contributed by atoms with Crippen molar-refractivity contribution in [3.8, 4) is 0 Å². The van der Waals surface area contributed by atoms with E-state index in [1.807, 2.05) is 0 Å². The third-order valence-electron chi connectivity index (χ3n) is 3.70. The van der Waals surface area contributed by atoms with Crippen molar-refractivity contribution in [3.05, 3.63) is 0 Å². The molecule has 2 aliphatic rings. The second-order valence-corrected chi connectivity index (χ2v) is 5.21. The van der Waals surface area contributed by atoms with Crippen LogP contribution in [-0.4, -0.2) is 60.9 Å². The molecule has 0 aromatic rings. The molecule has 2 saturated heterocycles. The molecule has 0 aromatic carbocycles. The highest BCUT2D eigenvalue weighted by atomic mass is 16.5. The Morgan fingerprint density at radius 3 is 2.83 bits per heavy atom. The van der Waals surface area contributed by atoms with E-state index in [4.69, 9.17) is 4.74 Å². The highest BCUT2D eigenvalue weighted by molar-refractivity contribution is 5.76. The fraction of sp³-hybridized carbons (Fsp3) is 0.923. The molecule has 2 rings (SSSR count). The topological polar surface area (TPSA) is 61.8 Å². The van der Waals surface area contributed by atoms with Gasteiger partial charge < -0.3 is 20.1 Å². The van der Waals surface area contributed by atoms with Gasteiger partial charge in [-0.3, -0.25) is 4.79 Å². The lowest BCUT2D eigenvalue weighted by Crippen LogP contribution is -2.42. The van der Waals surface area contributed by atoms with Gasteiger partial charge in [0.25, 0.3) is 0 Å². The quantitative estimate of drug-likeness (QED) is 0.750. The molecule has 2 heterocycles. The Bertz CT molecular complexity index is 267. The summed E-state index contributed by atoms with van der Waals surface area (Å²) in [5.41, 5.74) is 0. The summed E-state index contributed by atoms with van der Waals surface area (Å²) in [7, 11) is 0. The number of carbonyl (C=O) groups excluding carboxylic acids is 1. The van der Waals surface area contributed by atoms with Crippen LogP contribution in [0.15, 0.2) is 0 Å². The van der Waals surface area contributed by atoms with E-state index in [0.29, 0.717) is 25.7 Å². The average Bonchev–Trinajstić information content (AvgIpc) is 2.40. The SMILES string of the molecule is O=C(CCOC1CCNCC1)N1CCCC(O)C1. The summed E-state index contributed by atoms with van der Waals surface area (Å²) in [5.74, 6) is 0.114. The maximum absolute atomic E-state index is 11.9. The summed E-state index contributed by atoms with van der Waals surface area (Å²) in [6.45, 7) is 3.80. The number of aliphatic hydroxyl groups excluding tert-OH is 1. The molecule has 0 saturated carbocycles. The van der Waals surface area contributed by atoms with Gasteiger partial charge in [-0.05, 0) is 38.8 Å². The molecule has 0 aromatic heterocycles. The van der Waals surface area contributed by atoms with Crippen molar-refractivity contribution in [3.63, 3.8) is 0 Å². The summed E-state index contributed by atoms with van der Waals surface area (Å²) in [5, 5.41) is 12.8. The van der Waals surface area contributed by atoms with Gasteiger partial charge in [-0.15, -0.1) is 0 Å². The van der Waals surface area contributed by atoms with Crippen molar-refractivity contribution in [1.82, 2.24) is 10.2 Å². The zero-order chi connectivity index (χ0) is 12.8. The molecule has 0 bridgehead atoms. The Hall–Kier alpha value is -0.650. The number of aliphatic hydroxyl groups is 1. The summed E-state index contributed by atoms with van der Waals surface area (Å²) in [6.07, 6.45) is 4.21. The Morgan fingerprint density at radius 2 is 2.11 bits per heavy atom. The van der Waals surface area contributed by atoms with Crippen molar-refractivity contribution in [2.45, 2.75) is 44.3 Å². The molecule has 1 atom stereocenters. The number of nitrogens with one attached hydrogen (secondary N) is 1. The predicted octanol–water partition coefficient (Wildman–Crippen LogP) is 0.128. The molecule has 5 nitrogen and oxygen atoms in total. The number of hydrogen-bond donors (Lipinski definition) is 2. The van der Waals surface area contributed by atoms with Gasteiger partial charge in [-0.2, -0.15) is 0 Å². The van der Waals surface area contributed by atoms with Crippen LogP contribution in [0.5, 0.6) is 0 Å². The molecule has 18 heavy (non-hydrogen) atoms. The van der Waals surface area contributed by atoms with Gasteiger partial charge in [0.05, 0.1) is 25.2 Å². The van der Waals surface area contributed by atoms with Crippen molar-refractivity contribution >= 4 is 5.91 Å². The van der Waals surface area contributed by atoms with Crippen LogP contribution in [0.4, 0.5) is 0 Å². The van der Waals surface area contributed by atoms with E-state index in [1.54, 1.807) is 4.90 Å². The van der Waals surface area contributed by atoms with E-state index in [9.17, 15) is 9.90 Å². The van der Waals surface area contributed by atoms with E-state index >= 15 is 0 Å². The largest absolute Gasteiger partial charge is 0.391 e. The molecule has 1 unspecified atom stereocenters. The first kappa shape index (κ1) is 13.8. The number of nitrogens with zero attached hydrogens (tertiary/aromatic N) is 1. The molecule has 2 aliphatic heterocycles. The van der Waals surface area contributed by atoms with Crippen molar-refractivity contribution in [1.29, 1.82) is 0 Å². The summed E-state index contributed by atoms with van der Waals surface area (Å²) < 4.78 is 5.72. The van der Waals surface area contributed by atoms with E-state index in [-0.39, 0.29) is 12.0 Å². The number of amides is 1. The van der Waals surface area contributed by atoms with Crippen molar-refractivity contribution in [2.75, 3.05) is 32.8 Å². The van der Waals surface area contributed by atoms with Gasteiger partial charge in [-0.25, -0.2) is 0 Å². The molecule has 0 aliphatic carbocycles. The van der Waals surface area contributed by atoms with Crippen LogP contribution in [0.2, 0.25) is 0 Å². The fourth-order valence-electron chi connectivity index (χ4n) is 2.61. The minimum Gasteiger partial charge on any atom is -0.391 e. The van der Waals surface area contributed by atoms with Gasteiger partial charge in [0.2, 0.25) is 5.91 Å². The van der Waals surface area contributed by atoms with Crippen LogP contribution in [0.3, 0.4) is 0 Å². The maximum Gasteiger partial charge on any atom is 0.224 e. The second kappa shape index (κ2) is 7.07. The monoisotopic (exact) mass is 256 g/mol. The normalized spacial score (nSPS) is 26.3. The smallest absolute Gasteiger partial charge is 0.224 e. The van der Waals surface area contributed by atoms with E-state index in [1.165, 1.54) is 0 Å². The van der Waals surface area contributed by atoms with Gasteiger partial charge >= 0.3 is 0 Å². The number of β-amino-alcohol motifs (C(OH)–C–C–N with tert-alkyl or cyclic N) is 1. The minimum atomic E-state index is -0.340. The van der Waals surface area contributed by atoms with Gasteiger partial charge in [0.1, 0.15) is 0 Å². The number of likely N-dealkylation sites (tertiary alicyclic amines) is 1. The first-order valence-corrected chi connectivity index (χ1v) is 7.04. The van der Waals surface area contributed by atoms with Crippen LogP contribution >= 0.6 is 0 Å². The van der Waals surface area contributed by atoms with Gasteiger partial charge in [-0.1, -0.05) is 0 Å². The Labute approximate surface area is 108 Å². The highest BCUT2D eigenvalue weighted by Gasteiger charge is 2.22. The molecule has 2 fully saturated rings. The molecule has 0 spiro atoms. The fourth-order valence-corrected chi connectivity index (χ4v) is 2.61. The number of ether oxygens (including phenoxy) is 1. The van der Waals surface area contributed by atoms with Gasteiger partial charge in [0.15, 0.2) is 0 Å². The van der Waals surface area contributed by atoms with Crippen molar-refractivity contribution in [2.24, 2.45) is 0 Å². The lowest BCUT2D eigenvalue weighted by Gasteiger charge is -2.30. The molecular formula is C13H24N2O3. The zero-order valence-corrected chi connectivity index (χ0v) is 10.9. The highest BCUT2D eigenvalue weighted by Crippen LogP contribution is 2.12. The first-order chi connectivity index (χ1) is 8.75. The van der Waals surface area contributed by atoms with E-state index in [2.05, 4.69) is 5.32 Å². The second-order valence-electron chi connectivity index (χ2n) is 5.21. The number of rotatable bonds is 4. The standard InChI is InChI=1S/C13H24N2O3/c16-11-2-1-8-15(10-11)13(17)5-9-18-12-3-6-14-7-4-12/h11-12,14,16H,1-10H2. The molecule has 0 radical (unpaired) electrons. The predicted molar refractivity (Wildman–Crippen MR) is 68.3 cm³/mol. The Balaban J connectivity index is 1.61. The third kappa shape index (κ3) is 4.23.